The van der Waals surface area contributed by atoms with Crippen LogP contribution in [-0.2, 0) is 27.8 Å². The van der Waals surface area contributed by atoms with Crippen molar-refractivity contribution in [2.24, 2.45) is 4.99 Å². The van der Waals surface area contributed by atoms with E-state index >= 15 is 0 Å². The average molecular weight is 434 g/mol. The molecule has 0 saturated heterocycles. The predicted octanol–water partition coefficient (Wildman–Crippen LogP) is 3.28. The van der Waals surface area contributed by atoms with E-state index in [0.29, 0.717) is 6.42 Å². The van der Waals surface area contributed by atoms with Crippen molar-refractivity contribution in [3.05, 3.63) is 102 Å². The largest absolute Gasteiger partial charge is 0.276 e. The molecule has 1 heterocycles. The summed E-state index contributed by atoms with van der Waals surface area (Å²) < 4.78 is 28.4. The van der Waals surface area contributed by atoms with E-state index in [1.807, 2.05) is 67.6 Å². The summed E-state index contributed by atoms with van der Waals surface area (Å²) in [6.45, 7) is 2.12. The van der Waals surface area contributed by atoms with Crippen molar-refractivity contribution in [3.63, 3.8) is 0 Å². The van der Waals surface area contributed by atoms with Crippen LogP contribution in [0.1, 0.15) is 16.7 Å². The first kappa shape index (κ1) is 20.8. The smallest absolute Gasteiger partial charge is 0.264 e. The molecule has 7 heteroatoms. The third kappa shape index (κ3) is 4.83. The van der Waals surface area contributed by atoms with Gasteiger partial charge in [-0.3, -0.25) is 9.69 Å². The molecule has 0 spiro atoms. The molecule has 1 atom stereocenters. The molecular weight excluding hydrogens is 410 g/mol. The fourth-order valence-corrected chi connectivity index (χ4v) is 4.44. The van der Waals surface area contributed by atoms with Crippen LogP contribution in [0.3, 0.4) is 0 Å². The standard InChI is InChI=1S/C24H23N3O3S/c1-18-12-14-21(15-13-18)31(29,30)26-24-25-22(16-19-8-4-2-5-9-19)23(28)27(24)17-20-10-6-3-7-11-20/h2-15,22H,16-17H2,1H3,(H,25,26). The van der Waals surface area contributed by atoms with Crippen LogP contribution in [-0.4, -0.2) is 31.2 Å². The van der Waals surface area contributed by atoms with Gasteiger partial charge in [0.1, 0.15) is 6.04 Å². The summed E-state index contributed by atoms with van der Waals surface area (Å²) in [6.07, 6.45) is 0.403. The zero-order valence-electron chi connectivity index (χ0n) is 17.1. The number of nitrogens with zero attached hydrogens (tertiary/aromatic N) is 2. The summed E-state index contributed by atoms with van der Waals surface area (Å²) in [4.78, 5) is 19.2. The number of sulfonamides is 1. The Labute approximate surface area is 182 Å². The molecule has 1 amide bonds. The maximum atomic E-state index is 13.2. The molecule has 1 aliphatic heterocycles. The first-order chi connectivity index (χ1) is 14.9. The Bertz CT molecular complexity index is 1190. The summed E-state index contributed by atoms with van der Waals surface area (Å²) in [7, 11) is -3.88. The lowest BCUT2D eigenvalue weighted by Gasteiger charge is -2.20. The van der Waals surface area contributed by atoms with Crippen LogP contribution in [0.25, 0.3) is 0 Å². The van der Waals surface area contributed by atoms with Crippen LogP contribution in [0.5, 0.6) is 0 Å². The number of amides is 1. The molecule has 31 heavy (non-hydrogen) atoms. The number of aliphatic imine (C=N–C) groups is 1. The van der Waals surface area contributed by atoms with E-state index in [4.69, 9.17) is 0 Å². The minimum Gasteiger partial charge on any atom is -0.276 e. The number of nitrogens with one attached hydrogen (secondary N) is 1. The van der Waals surface area contributed by atoms with Gasteiger partial charge < -0.3 is 0 Å². The Morgan fingerprint density at radius 2 is 1.45 bits per heavy atom. The molecule has 0 aliphatic carbocycles. The zero-order valence-corrected chi connectivity index (χ0v) is 17.9. The second-order valence-corrected chi connectivity index (χ2v) is 9.17. The minimum atomic E-state index is -3.88. The molecule has 0 saturated carbocycles. The van der Waals surface area contributed by atoms with Crippen molar-refractivity contribution in [1.82, 2.24) is 9.62 Å². The van der Waals surface area contributed by atoms with E-state index in [9.17, 15) is 13.2 Å². The molecule has 1 unspecified atom stereocenters. The number of rotatable bonds is 6. The molecule has 0 fully saturated rings. The number of benzene rings is 3. The summed E-state index contributed by atoms with van der Waals surface area (Å²) in [5, 5.41) is 0. The van der Waals surface area contributed by atoms with Crippen LogP contribution in [0, 0.1) is 6.92 Å². The van der Waals surface area contributed by atoms with E-state index in [1.165, 1.54) is 17.0 Å². The highest BCUT2D eigenvalue weighted by Crippen LogP contribution is 2.20. The molecule has 0 bridgehead atoms. The van der Waals surface area contributed by atoms with E-state index in [1.54, 1.807) is 12.1 Å². The van der Waals surface area contributed by atoms with Crippen LogP contribution >= 0.6 is 0 Å². The Kier molecular flexibility index (Phi) is 5.86. The van der Waals surface area contributed by atoms with Gasteiger partial charge in [-0.2, -0.15) is 0 Å². The lowest BCUT2D eigenvalue weighted by Crippen LogP contribution is -2.44. The third-order valence-electron chi connectivity index (χ3n) is 5.10. The Hall–Kier alpha value is -3.45. The fourth-order valence-electron chi connectivity index (χ4n) is 3.42. The zero-order chi connectivity index (χ0) is 21.8. The first-order valence-corrected chi connectivity index (χ1v) is 11.5. The maximum absolute atomic E-state index is 13.2. The first-order valence-electron chi connectivity index (χ1n) is 9.99. The normalized spacial score (nSPS) is 16.3. The number of hydrogen-bond acceptors (Lipinski definition) is 4. The topological polar surface area (TPSA) is 78.8 Å². The molecule has 4 rings (SSSR count). The van der Waals surface area contributed by atoms with Gasteiger partial charge in [0.15, 0.2) is 0 Å². The van der Waals surface area contributed by atoms with Gasteiger partial charge in [-0.25, -0.2) is 18.1 Å². The quantitative estimate of drug-likeness (QED) is 0.648. The van der Waals surface area contributed by atoms with E-state index < -0.39 is 16.1 Å². The Morgan fingerprint density at radius 3 is 2.06 bits per heavy atom. The summed E-state index contributed by atoms with van der Waals surface area (Å²) in [5.74, 6) is -0.176. The molecule has 0 aromatic heterocycles. The lowest BCUT2D eigenvalue weighted by atomic mass is 10.1. The second-order valence-electron chi connectivity index (χ2n) is 7.49. The van der Waals surface area contributed by atoms with Crippen LogP contribution < -0.4 is 4.72 Å². The van der Waals surface area contributed by atoms with E-state index in [-0.39, 0.29) is 23.3 Å². The SMILES string of the molecule is Cc1ccc(S(=O)(=O)NC2=NC(Cc3ccccc3)C(=O)N2Cc2ccccc2)cc1. The number of carbonyl (C=O) groups is 1. The van der Waals surface area contributed by atoms with Gasteiger partial charge >= 0.3 is 0 Å². The molecule has 3 aromatic rings. The van der Waals surface area contributed by atoms with Gasteiger partial charge in [0.05, 0.1) is 11.4 Å². The molecule has 0 radical (unpaired) electrons. The maximum Gasteiger partial charge on any atom is 0.264 e. The summed E-state index contributed by atoms with van der Waals surface area (Å²) >= 11 is 0. The van der Waals surface area contributed by atoms with Gasteiger partial charge in [-0.05, 0) is 30.2 Å². The van der Waals surface area contributed by atoms with Gasteiger partial charge in [0.2, 0.25) is 5.96 Å². The molecule has 3 aromatic carbocycles. The van der Waals surface area contributed by atoms with Gasteiger partial charge in [0.25, 0.3) is 15.9 Å². The highest BCUT2D eigenvalue weighted by atomic mass is 32.2. The average Bonchev–Trinajstić information content (AvgIpc) is 3.04. The van der Waals surface area contributed by atoms with Crippen molar-refractivity contribution in [1.29, 1.82) is 0 Å². The van der Waals surface area contributed by atoms with Crippen LogP contribution in [0.15, 0.2) is 94.8 Å². The number of guanidine groups is 1. The van der Waals surface area contributed by atoms with Gasteiger partial charge in [-0.15, -0.1) is 0 Å². The van der Waals surface area contributed by atoms with Gasteiger partial charge in [-0.1, -0.05) is 78.4 Å². The van der Waals surface area contributed by atoms with Crippen molar-refractivity contribution in [2.45, 2.75) is 30.8 Å². The summed E-state index contributed by atoms with van der Waals surface area (Å²) in [5.41, 5.74) is 2.81. The van der Waals surface area contributed by atoms with Crippen LogP contribution in [0.2, 0.25) is 0 Å². The van der Waals surface area contributed by atoms with Crippen molar-refractivity contribution < 1.29 is 13.2 Å². The molecule has 1 aliphatic rings. The molecular formula is C24H23N3O3S. The van der Waals surface area contributed by atoms with E-state index in [2.05, 4.69) is 9.71 Å². The highest BCUT2D eigenvalue weighted by molar-refractivity contribution is 7.90. The highest BCUT2D eigenvalue weighted by Gasteiger charge is 2.36. The van der Waals surface area contributed by atoms with E-state index in [0.717, 1.165) is 16.7 Å². The van der Waals surface area contributed by atoms with Crippen molar-refractivity contribution in [2.75, 3.05) is 0 Å². The van der Waals surface area contributed by atoms with Gasteiger partial charge in [0, 0.05) is 6.42 Å². The minimum absolute atomic E-state index is 0.0513. The van der Waals surface area contributed by atoms with Crippen LogP contribution in [0.4, 0.5) is 0 Å². The second kappa shape index (κ2) is 8.73. The Morgan fingerprint density at radius 1 is 0.871 bits per heavy atom. The third-order valence-corrected chi connectivity index (χ3v) is 6.44. The Balaban J connectivity index is 1.63. The lowest BCUT2D eigenvalue weighted by molar-refractivity contribution is -0.127. The molecule has 158 valence electrons. The van der Waals surface area contributed by atoms with Crippen molar-refractivity contribution >= 4 is 21.9 Å². The van der Waals surface area contributed by atoms with Crippen molar-refractivity contribution in [3.8, 4) is 0 Å². The predicted molar refractivity (Wildman–Crippen MR) is 120 cm³/mol. The molecule has 1 N–H and O–H groups in total. The number of aryl methyl sites for hydroxylation is 1. The number of hydrogen-bond donors (Lipinski definition) is 1. The molecule has 6 nitrogen and oxygen atoms in total. The monoisotopic (exact) mass is 433 g/mol. The fraction of sp³-hybridized carbons (Fsp3) is 0.167. The number of carbonyl (C=O) groups excluding carboxylic acids is 1. The summed E-state index contributed by atoms with van der Waals surface area (Å²) in [6, 6.07) is 24.9.